The van der Waals surface area contributed by atoms with E-state index in [0.717, 1.165) is 22.5 Å². The van der Waals surface area contributed by atoms with Crippen LogP contribution in [0.2, 0.25) is 0 Å². The van der Waals surface area contributed by atoms with Crippen molar-refractivity contribution in [3.8, 4) is 0 Å². The molecule has 0 spiro atoms. The summed E-state index contributed by atoms with van der Waals surface area (Å²) in [5, 5.41) is 7.19. The van der Waals surface area contributed by atoms with Crippen molar-refractivity contribution in [2.75, 3.05) is 23.8 Å². The number of thiocarbonyl (C=S) groups is 1. The molecule has 196 valence electrons. The van der Waals surface area contributed by atoms with Gasteiger partial charge in [-0.1, -0.05) is 36.4 Å². The summed E-state index contributed by atoms with van der Waals surface area (Å²) in [5.74, 6) is -0.0322. The SMILES string of the molecule is CC1=CC(C)(C)N(C)c2ccc([C@@H]3[C@H](c4ccccn4)NC(=S)N3CCC(=O)Nc3ccccc3C)cc21. The third-order valence-electron chi connectivity index (χ3n) is 7.78. The number of para-hydroxylation sites is 1. The number of carbonyl (C=O) groups is 1. The van der Waals surface area contributed by atoms with Crippen molar-refractivity contribution < 1.29 is 4.79 Å². The molecule has 3 heterocycles. The highest BCUT2D eigenvalue weighted by Crippen LogP contribution is 2.43. The van der Waals surface area contributed by atoms with Crippen LogP contribution in [0.15, 0.2) is 72.9 Å². The molecule has 2 aliphatic rings. The summed E-state index contributed by atoms with van der Waals surface area (Å²) in [4.78, 5) is 22.0. The molecule has 1 aromatic heterocycles. The van der Waals surface area contributed by atoms with E-state index in [2.05, 4.69) is 77.5 Å². The summed E-state index contributed by atoms with van der Waals surface area (Å²) < 4.78 is 0. The van der Waals surface area contributed by atoms with Crippen molar-refractivity contribution in [2.24, 2.45) is 0 Å². The molecule has 1 fully saturated rings. The van der Waals surface area contributed by atoms with Gasteiger partial charge in [-0.05, 0) is 86.9 Å². The Morgan fingerprint density at radius 3 is 2.61 bits per heavy atom. The summed E-state index contributed by atoms with van der Waals surface area (Å²) in [6.07, 6.45) is 4.45. The average Bonchev–Trinajstić information content (AvgIpc) is 3.23. The van der Waals surface area contributed by atoms with E-state index in [9.17, 15) is 4.79 Å². The van der Waals surface area contributed by atoms with Crippen LogP contribution in [0.25, 0.3) is 5.57 Å². The van der Waals surface area contributed by atoms with Gasteiger partial charge in [0.25, 0.3) is 0 Å². The highest BCUT2D eigenvalue weighted by Gasteiger charge is 2.40. The van der Waals surface area contributed by atoms with E-state index in [1.807, 2.05) is 55.6 Å². The van der Waals surface area contributed by atoms with Crippen LogP contribution >= 0.6 is 12.2 Å². The minimum atomic E-state index is -0.122. The molecule has 2 N–H and O–H groups in total. The van der Waals surface area contributed by atoms with Gasteiger partial charge in [0.2, 0.25) is 5.91 Å². The first-order chi connectivity index (χ1) is 18.2. The molecule has 0 radical (unpaired) electrons. The molecule has 0 saturated carbocycles. The lowest BCUT2D eigenvalue weighted by Crippen LogP contribution is -2.42. The van der Waals surface area contributed by atoms with Gasteiger partial charge < -0.3 is 20.4 Å². The minimum Gasteiger partial charge on any atom is -0.366 e. The number of pyridine rings is 1. The van der Waals surface area contributed by atoms with Gasteiger partial charge in [0.05, 0.1) is 23.3 Å². The Hall–Kier alpha value is -3.71. The third kappa shape index (κ3) is 4.90. The summed E-state index contributed by atoms with van der Waals surface area (Å²) in [7, 11) is 2.14. The zero-order chi connectivity index (χ0) is 27.0. The van der Waals surface area contributed by atoms with Crippen molar-refractivity contribution in [2.45, 2.75) is 51.7 Å². The number of amides is 1. The number of rotatable bonds is 6. The molecule has 5 rings (SSSR count). The smallest absolute Gasteiger partial charge is 0.226 e. The van der Waals surface area contributed by atoms with Gasteiger partial charge >= 0.3 is 0 Å². The number of anilines is 2. The van der Waals surface area contributed by atoms with Crippen LogP contribution in [0.3, 0.4) is 0 Å². The first-order valence-corrected chi connectivity index (χ1v) is 13.5. The Morgan fingerprint density at radius 1 is 1.11 bits per heavy atom. The van der Waals surface area contributed by atoms with Gasteiger partial charge in [0, 0.05) is 43.1 Å². The summed E-state index contributed by atoms with van der Waals surface area (Å²) in [5.41, 5.74) is 7.59. The number of nitrogens with zero attached hydrogens (tertiary/aromatic N) is 3. The van der Waals surface area contributed by atoms with E-state index in [0.29, 0.717) is 18.1 Å². The maximum absolute atomic E-state index is 12.9. The molecule has 6 nitrogen and oxygen atoms in total. The fraction of sp³-hybridized carbons (Fsp3) is 0.323. The zero-order valence-electron chi connectivity index (χ0n) is 22.7. The van der Waals surface area contributed by atoms with E-state index < -0.39 is 0 Å². The number of aromatic nitrogens is 1. The standard InChI is InChI=1S/C31H35N5OS/c1-20-10-6-7-11-24(20)33-27(37)15-17-36-29(28(34-30(36)38)25-12-8-9-16-32-25)22-13-14-26-23(18-22)21(2)19-31(3,4)35(26)5/h6-14,16,18-19,28-29H,15,17H2,1-5H3,(H,33,37)(H,34,38)/t28-,29+/m0/s1. The van der Waals surface area contributed by atoms with Crippen LogP contribution < -0.4 is 15.5 Å². The lowest BCUT2D eigenvalue weighted by molar-refractivity contribution is -0.116. The summed E-state index contributed by atoms with van der Waals surface area (Å²) in [6, 6.07) is 20.2. The summed E-state index contributed by atoms with van der Waals surface area (Å²) >= 11 is 5.83. The van der Waals surface area contributed by atoms with Crippen LogP contribution in [0, 0.1) is 6.92 Å². The van der Waals surface area contributed by atoms with Gasteiger partial charge in [0.15, 0.2) is 5.11 Å². The molecule has 2 aliphatic heterocycles. The maximum Gasteiger partial charge on any atom is 0.226 e. The number of likely N-dealkylation sites (N-methyl/N-ethyl adjacent to an activating group) is 1. The molecule has 0 unspecified atom stereocenters. The minimum absolute atomic E-state index is 0.0322. The van der Waals surface area contributed by atoms with E-state index in [1.165, 1.54) is 16.8 Å². The first kappa shape index (κ1) is 25.9. The molecule has 38 heavy (non-hydrogen) atoms. The zero-order valence-corrected chi connectivity index (χ0v) is 23.5. The predicted octanol–water partition coefficient (Wildman–Crippen LogP) is 6.02. The Labute approximate surface area is 230 Å². The molecule has 1 amide bonds. The van der Waals surface area contributed by atoms with Crippen LogP contribution in [0.5, 0.6) is 0 Å². The van der Waals surface area contributed by atoms with Gasteiger partial charge in [0.1, 0.15) is 0 Å². The normalized spacial score (nSPS) is 20.0. The van der Waals surface area contributed by atoms with Gasteiger partial charge in [-0.25, -0.2) is 0 Å². The van der Waals surface area contributed by atoms with Crippen LogP contribution in [0.4, 0.5) is 11.4 Å². The van der Waals surface area contributed by atoms with Gasteiger partial charge in [-0.15, -0.1) is 0 Å². The lowest BCUT2D eigenvalue weighted by atomic mass is 9.86. The number of nitrogens with one attached hydrogen (secondary N) is 2. The Balaban J connectivity index is 1.46. The molecule has 2 aromatic carbocycles. The second-order valence-electron chi connectivity index (χ2n) is 10.7. The van der Waals surface area contributed by atoms with Crippen LogP contribution in [0.1, 0.15) is 61.7 Å². The second kappa shape index (κ2) is 10.2. The molecule has 0 bridgehead atoms. The number of aryl methyl sites for hydroxylation is 1. The van der Waals surface area contributed by atoms with E-state index >= 15 is 0 Å². The predicted molar refractivity (Wildman–Crippen MR) is 159 cm³/mol. The molecule has 7 heteroatoms. The highest BCUT2D eigenvalue weighted by atomic mass is 32.1. The maximum atomic E-state index is 12.9. The van der Waals surface area contributed by atoms with Crippen molar-refractivity contribution in [3.05, 3.63) is 95.3 Å². The van der Waals surface area contributed by atoms with Gasteiger partial charge in [-0.2, -0.15) is 0 Å². The quantitative estimate of drug-likeness (QED) is 0.384. The topological polar surface area (TPSA) is 60.5 Å². The lowest BCUT2D eigenvalue weighted by Gasteiger charge is -2.41. The van der Waals surface area contributed by atoms with E-state index in [4.69, 9.17) is 12.2 Å². The molecule has 1 saturated heterocycles. The number of benzene rings is 2. The molecule has 0 aliphatic carbocycles. The number of fused-ring (bicyclic) bond motifs is 1. The molecule has 2 atom stereocenters. The average molecular weight is 526 g/mol. The number of hydrogen-bond donors (Lipinski definition) is 2. The second-order valence-corrected chi connectivity index (χ2v) is 11.1. The molecule has 3 aromatic rings. The van der Waals surface area contributed by atoms with Crippen molar-refractivity contribution in [1.82, 2.24) is 15.2 Å². The number of carbonyl (C=O) groups excluding carboxylic acids is 1. The number of allylic oxidation sites excluding steroid dienone is 1. The van der Waals surface area contributed by atoms with E-state index in [-0.39, 0.29) is 23.5 Å². The Bertz CT molecular complexity index is 1400. The monoisotopic (exact) mass is 525 g/mol. The van der Waals surface area contributed by atoms with Crippen molar-refractivity contribution in [3.63, 3.8) is 0 Å². The largest absolute Gasteiger partial charge is 0.366 e. The highest BCUT2D eigenvalue weighted by molar-refractivity contribution is 7.80. The molecular formula is C31H35N5OS. The fourth-order valence-electron chi connectivity index (χ4n) is 5.52. The van der Waals surface area contributed by atoms with E-state index in [1.54, 1.807) is 0 Å². The first-order valence-electron chi connectivity index (χ1n) is 13.1. The summed E-state index contributed by atoms with van der Waals surface area (Å²) in [6.45, 7) is 9.13. The Morgan fingerprint density at radius 2 is 1.87 bits per heavy atom. The van der Waals surface area contributed by atoms with Gasteiger partial charge in [-0.3, -0.25) is 9.78 Å². The third-order valence-corrected chi connectivity index (χ3v) is 8.13. The molecular weight excluding hydrogens is 490 g/mol. The van der Waals surface area contributed by atoms with Crippen LogP contribution in [-0.4, -0.2) is 40.0 Å². The number of hydrogen-bond acceptors (Lipinski definition) is 4. The fourth-order valence-corrected chi connectivity index (χ4v) is 5.85. The van der Waals surface area contributed by atoms with Crippen molar-refractivity contribution in [1.29, 1.82) is 0 Å². The van der Waals surface area contributed by atoms with Crippen LogP contribution in [-0.2, 0) is 4.79 Å². The Kier molecular flexibility index (Phi) is 6.97. The van der Waals surface area contributed by atoms with Crippen molar-refractivity contribution >= 4 is 40.2 Å².